The smallest absolute Gasteiger partial charge is 0.317 e. The van der Waals surface area contributed by atoms with Crippen molar-refractivity contribution >= 4 is 12.0 Å². The molecule has 0 bridgehead atoms. The quantitative estimate of drug-likeness (QED) is 0.811. The number of nitrogens with zero attached hydrogens (tertiary/aromatic N) is 1. The van der Waals surface area contributed by atoms with Crippen LogP contribution in [-0.4, -0.2) is 41.7 Å². The fourth-order valence-electron chi connectivity index (χ4n) is 1.87. The van der Waals surface area contributed by atoms with Crippen molar-refractivity contribution in [2.75, 3.05) is 13.6 Å². The van der Waals surface area contributed by atoms with Crippen LogP contribution >= 0.6 is 0 Å². The molecule has 122 valence electrons. The van der Waals surface area contributed by atoms with Crippen molar-refractivity contribution in [3.8, 4) is 5.75 Å². The molecule has 0 saturated carbocycles. The molecule has 0 heterocycles. The summed E-state index contributed by atoms with van der Waals surface area (Å²) in [4.78, 5) is 23.9. The second kappa shape index (κ2) is 8.26. The summed E-state index contributed by atoms with van der Waals surface area (Å²) >= 11 is 0. The zero-order valence-corrected chi connectivity index (χ0v) is 13.5. The summed E-state index contributed by atoms with van der Waals surface area (Å²) in [7, 11) is 1.57. The molecule has 1 aromatic rings. The summed E-state index contributed by atoms with van der Waals surface area (Å²) < 4.78 is 5.63. The third kappa shape index (κ3) is 6.03. The van der Waals surface area contributed by atoms with Gasteiger partial charge in [-0.2, -0.15) is 0 Å². The van der Waals surface area contributed by atoms with Crippen molar-refractivity contribution in [1.29, 1.82) is 0 Å². The number of amides is 2. The standard InChI is InChI=1S/C16H24N2O4/c1-11(2)22-14-7-5-6-13(10-14)12(3)17-16(21)18(4)9-8-15(19)20/h5-7,10-12H,8-9H2,1-4H3,(H,17,21)(H,19,20). The van der Waals surface area contributed by atoms with Gasteiger partial charge in [-0.15, -0.1) is 0 Å². The van der Waals surface area contributed by atoms with Gasteiger partial charge in [0.1, 0.15) is 5.75 Å². The Morgan fingerprint density at radius 3 is 2.59 bits per heavy atom. The lowest BCUT2D eigenvalue weighted by molar-refractivity contribution is -0.137. The monoisotopic (exact) mass is 308 g/mol. The van der Waals surface area contributed by atoms with E-state index in [9.17, 15) is 9.59 Å². The van der Waals surface area contributed by atoms with Gasteiger partial charge in [0.05, 0.1) is 18.6 Å². The Morgan fingerprint density at radius 1 is 1.32 bits per heavy atom. The Morgan fingerprint density at radius 2 is 2.00 bits per heavy atom. The number of hydrogen-bond acceptors (Lipinski definition) is 3. The van der Waals surface area contributed by atoms with Crippen LogP contribution in [0.25, 0.3) is 0 Å². The molecule has 0 aliphatic rings. The van der Waals surface area contributed by atoms with E-state index in [1.165, 1.54) is 4.90 Å². The minimum absolute atomic E-state index is 0.0734. The number of nitrogens with one attached hydrogen (secondary N) is 1. The van der Waals surface area contributed by atoms with Crippen LogP contribution in [0.1, 0.15) is 38.8 Å². The van der Waals surface area contributed by atoms with Gasteiger partial charge < -0.3 is 20.1 Å². The van der Waals surface area contributed by atoms with Crippen molar-refractivity contribution in [1.82, 2.24) is 10.2 Å². The molecule has 0 aromatic heterocycles. The minimum atomic E-state index is -0.925. The van der Waals surface area contributed by atoms with Crippen LogP contribution in [0.5, 0.6) is 5.75 Å². The Labute approximate surface area is 131 Å². The molecule has 0 aliphatic heterocycles. The highest BCUT2D eigenvalue weighted by Crippen LogP contribution is 2.20. The van der Waals surface area contributed by atoms with E-state index in [-0.39, 0.29) is 31.1 Å². The first kappa shape index (κ1) is 17.8. The van der Waals surface area contributed by atoms with Crippen LogP contribution in [0.15, 0.2) is 24.3 Å². The number of aliphatic carboxylic acids is 1. The molecular weight excluding hydrogens is 284 g/mol. The zero-order valence-electron chi connectivity index (χ0n) is 13.5. The van der Waals surface area contributed by atoms with Crippen LogP contribution in [0, 0.1) is 0 Å². The van der Waals surface area contributed by atoms with E-state index in [4.69, 9.17) is 9.84 Å². The summed E-state index contributed by atoms with van der Waals surface area (Å²) in [5.74, 6) is -0.168. The van der Waals surface area contributed by atoms with E-state index in [1.54, 1.807) is 7.05 Å². The molecule has 1 aromatic carbocycles. The maximum absolute atomic E-state index is 12.0. The molecule has 2 amide bonds. The van der Waals surface area contributed by atoms with Gasteiger partial charge in [0, 0.05) is 13.6 Å². The number of carboxylic acids is 1. The second-order valence-corrected chi connectivity index (χ2v) is 5.48. The third-order valence-corrected chi connectivity index (χ3v) is 3.08. The predicted octanol–water partition coefficient (Wildman–Crippen LogP) is 2.65. The van der Waals surface area contributed by atoms with Crippen LogP contribution in [-0.2, 0) is 4.79 Å². The maximum atomic E-state index is 12.0. The molecule has 2 N–H and O–H groups in total. The molecule has 0 saturated heterocycles. The van der Waals surface area contributed by atoms with Crippen molar-refractivity contribution in [2.24, 2.45) is 0 Å². The highest BCUT2D eigenvalue weighted by Gasteiger charge is 2.14. The molecule has 1 unspecified atom stereocenters. The molecule has 0 fully saturated rings. The van der Waals surface area contributed by atoms with Gasteiger partial charge in [0.15, 0.2) is 0 Å². The number of rotatable bonds is 7. The molecule has 0 spiro atoms. The number of carboxylic acid groups (broad SMARTS) is 1. The fraction of sp³-hybridized carbons (Fsp3) is 0.500. The van der Waals surface area contributed by atoms with E-state index in [0.29, 0.717) is 0 Å². The van der Waals surface area contributed by atoms with E-state index in [2.05, 4.69) is 5.32 Å². The lowest BCUT2D eigenvalue weighted by Gasteiger charge is -2.21. The van der Waals surface area contributed by atoms with E-state index in [1.807, 2.05) is 45.0 Å². The lowest BCUT2D eigenvalue weighted by atomic mass is 10.1. The first-order chi connectivity index (χ1) is 10.3. The zero-order chi connectivity index (χ0) is 16.7. The average Bonchev–Trinajstić information content (AvgIpc) is 2.44. The maximum Gasteiger partial charge on any atom is 0.317 e. The molecular formula is C16H24N2O4. The van der Waals surface area contributed by atoms with Crippen molar-refractivity contribution in [3.63, 3.8) is 0 Å². The normalized spacial score (nSPS) is 11.9. The highest BCUT2D eigenvalue weighted by molar-refractivity contribution is 5.75. The summed E-state index contributed by atoms with van der Waals surface area (Å²) in [5.41, 5.74) is 0.929. The Bertz CT molecular complexity index is 517. The Hall–Kier alpha value is -2.24. The van der Waals surface area contributed by atoms with Gasteiger partial charge in [-0.05, 0) is 38.5 Å². The molecule has 1 atom stereocenters. The van der Waals surface area contributed by atoms with Crippen LogP contribution < -0.4 is 10.1 Å². The number of urea groups is 1. The van der Waals surface area contributed by atoms with Gasteiger partial charge in [-0.1, -0.05) is 12.1 Å². The number of hydrogen-bond donors (Lipinski definition) is 2. The van der Waals surface area contributed by atoms with E-state index in [0.717, 1.165) is 11.3 Å². The van der Waals surface area contributed by atoms with Crippen LogP contribution in [0.3, 0.4) is 0 Å². The molecule has 6 nitrogen and oxygen atoms in total. The van der Waals surface area contributed by atoms with Gasteiger partial charge >= 0.3 is 12.0 Å². The highest BCUT2D eigenvalue weighted by atomic mass is 16.5. The molecule has 1 rings (SSSR count). The molecule has 6 heteroatoms. The first-order valence-electron chi connectivity index (χ1n) is 7.29. The average molecular weight is 308 g/mol. The topological polar surface area (TPSA) is 78.9 Å². The summed E-state index contributed by atoms with van der Waals surface area (Å²) in [6, 6.07) is 7.05. The number of ether oxygens (including phenoxy) is 1. The summed E-state index contributed by atoms with van der Waals surface area (Å²) in [6.45, 7) is 5.95. The van der Waals surface area contributed by atoms with Crippen molar-refractivity contribution in [2.45, 2.75) is 39.3 Å². The van der Waals surface area contributed by atoms with Gasteiger partial charge in [-0.3, -0.25) is 4.79 Å². The summed E-state index contributed by atoms with van der Waals surface area (Å²) in [5, 5.41) is 11.5. The molecule has 22 heavy (non-hydrogen) atoms. The van der Waals surface area contributed by atoms with E-state index < -0.39 is 5.97 Å². The van der Waals surface area contributed by atoms with Gasteiger partial charge in [0.2, 0.25) is 0 Å². The predicted molar refractivity (Wildman–Crippen MR) is 84.0 cm³/mol. The van der Waals surface area contributed by atoms with Crippen molar-refractivity contribution in [3.05, 3.63) is 29.8 Å². The number of benzene rings is 1. The van der Waals surface area contributed by atoms with Crippen molar-refractivity contribution < 1.29 is 19.4 Å². The SMILES string of the molecule is CC(C)Oc1cccc(C(C)NC(=O)N(C)CCC(=O)O)c1. The lowest BCUT2D eigenvalue weighted by Crippen LogP contribution is -2.39. The second-order valence-electron chi connectivity index (χ2n) is 5.48. The van der Waals surface area contributed by atoms with Gasteiger partial charge in [0.25, 0.3) is 0 Å². The Balaban J connectivity index is 2.62. The number of carbonyl (C=O) groups excluding carboxylic acids is 1. The summed E-state index contributed by atoms with van der Waals surface area (Å²) in [6.07, 6.45) is 0.0121. The van der Waals surface area contributed by atoms with Crippen LogP contribution in [0.2, 0.25) is 0 Å². The fourth-order valence-corrected chi connectivity index (χ4v) is 1.87. The van der Waals surface area contributed by atoms with Crippen LogP contribution in [0.4, 0.5) is 4.79 Å². The number of carbonyl (C=O) groups is 2. The van der Waals surface area contributed by atoms with E-state index >= 15 is 0 Å². The molecule has 0 aliphatic carbocycles. The minimum Gasteiger partial charge on any atom is -0.491 e. The molecule has 0 radical (unpaired) electrons. The Kier molecular flexibility index (Phi) is 6.69. The largest absolute Gasteiger partial charge is 0.491 e. The van der Waals surface area contributed by atoms with Gasteiger partial charge in [-0.25, -0.2) is 4.79 Å². The first-order valence-corrected chi connectivity index (χ1v) is 7.29. The third-order valence-electron chi connectivity index (χ3n) is 3.08.